The maximum Gasteiger partial charge on any atom is 0.151 e. The molecule has 1 rings (SSSR count). The van der Waals surface area contributed by atoms with Crippen LogP contribution in [0, 0.1) is 0 Å². The van der Waals surface area contributed by atoms with Gasteiger partial charge in [-0.2, -0.15) is 5.06 Å². The second kappa shape index (κ2) is 2.75. The Morgan fingerprint density at radius 2 is 2.36 bits per heavy atom. The molecule has 2 nitrogen and oxygen atoms in total. The number of allylic oxidation sites excluding steroid dienone is 1. The Kier molecular flexibility index (Phi) is 2.11. The molecule has 0 radical (unpaired) electrons. The van der Waals surface area contributed by atoms with Gasteiger partial charge in [0.15, 0.2) is 5.67 Å². The topological polar surface area (TPSA) is 23.5 Å². The Morgan fingerprint density at radius 3 is 2.73 bits per heavy atom. The molecule has 0 amide bonds. The summed E-state index contributed by atoms with van der Waals surface area (Å²) in [5.74, 6) is 0. The number of halogens is 1. The average molecular weight is 157 g/mol. The zero-order valence-electron chi connectivity index (χ0n) is 6.39. The van der Waals surface area contributed by atoms with E-state index in [9.17, 15) is 4.39 Å². The van der Waals surface area contributed by atoms with Crippen molar-refractivity contribution in [3.8, 4) is 0 Å². The van der Waals surface area contributed by atoms with E-state index in [0.29, 0.717) is 18.5 Å². The van der Waals surface area contributed by atoms with Crippen LogP contribution in [0.25, 0.3) is 0 Å². The SMILES string of the molecule is C=CC(=C)[C@]1(F)CCN(O)C1. The van der Waals surface area contributed by atoms with Crippen LogP contribution in [0.1, 0.15) is 6.42 Å². The molecule has 1 N–H and O–H groups in total. The van der Waals surface area contributed by atoms with Gasteiger partial charge in [-0.15, -0.1) is 0 Å². The monoisotopic (exact) mass is 157 g/mol. The lowest BCUT2D eigenvalue weighted by molar-refractivity contribution is -0.0768. The molecule has 1 aliphatic heterocycles. The highest BCUT2D eigenvalue weighted by Crippen LogP contribution is 2.31. The Labute approximate surface area is 65.6 Å². The largest absolute Gasteiger partial charge is 0.314 e. The van der Waals surface area contributed by atoms with Gasteiger partial charge in [0.25, 0.3) is 0 Å². The van der Waals surface area contributed by atoms with Crippen LogP contribution >= 0.6 is 0 Å². The van der Waals surface area contributed by atoms with E-state index >= 15 is 0 Å². The zero-order valence-corrected chi connectivity index (χ0v) is 6.39. The van der Waals surface area contributed by atoms with Crippen molar-refractivity contribution in [2.75, 3.05) is 13.1 Å². The summed E-state index contributed by atoms with van der Waals surface area (Å²) < 4.78 is 13.6. The first-order valence-electron chi connectivity index (χ1n) is 3.53. The lowest BCUT2D eigenvalue weighted by Gasteiger charge is -2.18. The number of hydroxylamine groups is 2. The maximum atomic E-state index is 13.6. The molecule has 1 fully saturated rings. The van der Waals surface area contributed by atoms with Crippen LogP contribution in [-0.2, 0) is 0 Å². The molecular formula is C8H12FNO. The van der Waals surface area contributed by atoms with Crippen LogP contribution in [0.2, 0.25) is 0 Å². The van der Waals surface area contributed by atoms with Crippen molar-refractivity contribution in [2.45, 2.75) is 12.1 Å². The van der Waals surface area contributed by atoms with Crippen LogP contribution in [0.15, 0.2) is 24.8 Å². The number of nitrogens with zero attached hydrogens (tertiary/aromatic N) is 1. The highest BCUT2D eigenvalue weighted by molar-refractivity contribution is 5.26. The van der Waals surface area contributed by atoms with E-state index in [-0.39, 0.29) is 6.54 Å². The van der Waals surface area contributed by atoms with E-state index in [4.69, 9.17) is 5.21 Å². The fourth-order valence-electron chi connectivity index (χ4n) is 1.20. The van der Waals surface area contributed by atoms with Crippen molar-refractivity contribution in [1.29, 1.82) is 0 Å². The lowest BCUT2D eigenvalue weighted by Crippen LogP contribution is -2.28. The third kappa shape index (κ3) is 1.49. The molecule has 1 aliphatic rings. The van der Waals surface area contributed by atoms with Crippen molar-refractivity contribution in [1.82, 2.24) is 5.06 Å². The van der Waals surface area contributed by atoms with Crippen molar-refractivity contribution >= 4 is 0 Å². The molecule has 0 saturated carbocycles. The highest BCUT2D eigenvalue weighted by Gasteiger charge is 2.39. The summed E-state index contributed by atoms with van der Waals surface area (Å²) >= 11 is 0. The van der Waals surface area contributed by atoms with Gasteiger partial charge < -0.3 is 5.21 Å². The summed E-state index contributed by atoms with van der Waals surface area (Å²) in [6.45, 7) is 7.34. The van der Waals surface area contributed by atoms with Crippen LogP contribution in [-0.4, -0.2) is 29.0 Å². The molecule has 62 valence electrons. The van der Waals surface area contributed by atoms with Crippen molar-refractivity contribution in [3.63, 3.8) is 0 Å². The smallest absolute Gasteiger partial charge is 0.151 e. The fraction of sp³-hybridized carbons (Fsp3) is 0.500. The number of hydrogen-bond acceptors (Lipinski definition) is 2. The van der Waals surface area contributed by atoms with Gasteiger partial charge in [-0.1, -0.05) is 19.2 Å². The molecule has 0 unspecified atom stereocenters. The molecule has 0 bridgehead atoms. The Balaban J connectivity index is 2.68. The molecule has 0 aromatic rings. The molecule has 1 heterocycles. The summed E-state index contributed by atoms with van der Waals surface area (Å²) in [5, 5.41) is 9.89. The third-order valence-electron chi connectivity index (χ3n) is 2.02. The number of alkyl halides is 1. The summed E-state index contributed by atoms with van der Waals surface area (Å²) in [6, 6.07) is 0. The standard InChI is InChI=1S/C8H12FNO/c1-3-7(2)8(9)4-5-10(11)6-8/h3,11H,1-2,4-6H2/t8-/m0/s1. The van der Waals surface area contributed by atoms with Gasteiger partial charge in [0.2, 0.25) is 0 Å². The molecule has 0 aromatic carbocycles. The molecule has 0 aliphatic carbocycles. The minimum Gasteiger partial charge on any atom is -0.314 e. The Bertz CT molecular complexity index is 193. The summed E-state index contributed by atoms with van der Waals surface area (Å²) in [6.07, 6.45) is 1.70. The predicted molar refractivity (Wildman–Crippen MR) is 41.2 cm³/mol. The van der Waals surface area contributed by atoms with Crippen molar-refractivity contribution < 1.29 is 9.60 Å². The first-order valence-corrected chi connectivity index (χ1v) is 3.53. The van der Waals surface area contributed by atoms with Crippen LogP contribution < -0.4 is 0 Å². The maximum absolute atomic E-state index is 13.6. The minimum atomic E-state index is -1.46. The predicted octanol–water partition coefficient (Wildman–Crippen LogP) is 1.53. The van der Waals surface area contributed by atoms with Crippen molar-refractivity contribution in [3.05, 3.63) is 24.8 Å². The van der Waals surface area contributed by atoms with E-state index in [1.165, 1.54) is 6.08 Å². The average Bonchev–Trinajstić information content (AvgIpc) is 2.31. The Morgan fingerprint density at radius 1 is 1.73 bits per heavy atom. The summed E-state index contributed by atoms with van der Waals surface area (Å²) in [5.41, 5.74) is -1.11. The normalized spacial score (nSPS) is 32.2. The van der Waals surface area contributed by atoms with E-state index in [0.717, 1.165) is 5.06 Å². The zero-order chi connectivity index (χ0) is 8.48. The van der Waals surface area contributed by atoms with Gasteiger partial charge in [0.05, 0.1) is 6.54 Å². The van der Waals surface area contributed by atoms with Gasteiger partial charge in [0.1, 0.15) is 0 Å². The minimum absolute atomic E-state index is 0.0118. The summed E-state index contributed by atoms with van der Waals surface area (Å²) in [7, 11) is 0. The number of hydrogen-bond donors (Lipinski definition) is 1. The molecule has 1 saturated heterocycles. The second-order valence-electron chi connectivity index (χ2n) is 2.83. The quantitative estimate of drug-likeness (QED) is 0.614. The summed E-state index contributed by atoms with van der Waals surface area (Å²) in [4.78, 5) is 0. The van der Waals surface area contributed by atoms with E-state index in [1.54, 1.807) is 0 Å². The molecule has 1 atom stereocenters. The first kappa shape index (κ1) is 8.43. The van der Waals surface area contributed by atoms with E-state index in [2.05, 4.69) is 13.2 Å². The van der Waals surface area contributed by atoms with E-state index in [1.807, 2.05) is 0 Å². The van der Waals surface area contributed by atoms with Crippen LogP contribution in [0.3, 0.4) is 0 Å². The molecule has 0 spiro atoms. The molecule has 0 aromatic heterocycles. The Hall–Kier alpha value is -0.670. The molecule has 11 heavy (non-hydrogen) atoms. The highest BCUT2D eigenvalue weighted by atomic mass is 19.1. The second-order valence-corrected chi connectivity index (χ2v) is 2.83. The molecular weight excluding hydrogens is 145 g/mol. The first-order chi connectivity index (χ1) is 5.08. The third-order valence-corrected chi connectivity index (χ3v) is 2.02. The number of rotatable bonds is 2. The van der Waals surface area contributed by atoms with Gasteiger partial charge in [-0.05, 0) is 5.57 Å². The van der Waals surface area contributed by atoms with Crippen LogP contribution in [0.5, 0.6) is 0 Å². The van der Waals surface area contributed by atoms with E-state index < -0.39 is 5.67 Å². The van der Waals surface area contributed by atoms with Crippen molar-refractivity contribution in [2.24, 2.45) is 0 Å². The fourth-order valence-corrected chi connectivity index (χ4v) is 1.20. The molecule has 3 heteroatoms. The van der Waals surface area contributed by atoms with Gasteiger partial charge >= 0.3 is 0 Å². The van der Waals surface area contributed by atoms with Gasteiger partial charge in [0, 0.05) is 13.0 Å². The van der Waals surface area contributed by atoms with Gasteiger partial charge in [-0.25, -0.2) is 4.39 Å². The van der Waals surface area contributed by atoms with Crippen LogP contribution in [0.4, 0.5) is 4.39 Å². The lowest BCUT2D eigenvalue weighted by atomic mass is 9.96. The van der Waals surface area contributed by atoms with Gasteiger partial charge in [-0.3, -0.25) is 0 Å².